The lowest BCUT2D eigenvalue weighted by Gasteiger charge is -2.13. The third-order valence-electron chi connectivity index (χ3n) is 3.13. The third-order valence-corrected chi connectivity index (χ3v) is 3.13. The van der Waals surface area contributed by atoms with Gasteiger partial charge in [0.05, 0.1) is 11.5 Å². The Kier molecular flexibility index (Phi) is 1.85. The van der Waals surface area contributed by atoms with Crippen LogP contribution in [0.5, 0.6) is 0 Å². The van der Waals surface area contributed by atoms with Gasteiger partial charge in [-0.25, -0.2) is 4.39 Å². The van der Waals surface area contributed by atoms with Gasteiger partial charge in [-0.3, -0.25) is 0 Å². The number of nitriles is 1. The number of halogens is 1. The normalized spacial score (nSPS) is 17.6. The Balaban J connectivity index is 2.64. The van der Waals surface area contributed by atoms with Gasteiger partial charge in [0.15, 0.2) is 0 Å². The molecule has 0 unspecified atom stereocenters. The monoisotopic (exact) mass is 189 g/mol. The maximum absolute atomic E-state index is 13.6. The zero-order valence-electron chi connectivity index (χ0n) is 8.39. The van der Waals surface area contributed by atoms with E-state index in [1.165, 1.54) is 6.07 Å². The first-order valence-electron chi connectivity index (χ1n) is 4.78. The molecule has 1 aliphatic rings. The molecule has 0 radical (unpaired) electrons. The largest absolute Gasteiger partial charge is 0.207 e. The van der Waals surface area contributed by atoms with Gasteiger partial charge in [0.2, 0.25) is 0 Å². The summed E-state index contributed by atoms with van der Waals surface area (Å²) in [7, 11) is 0. The molecule has 0 bridgehead atoms. The fourth-order valence-electron chi connectivity index (χ4n) is 1.91. The van der Waals surface area contributed by atoms with Crippen LogP contribution in [0.15, 0.2) is 12.1 Å². The molecule has 72 valence electrons. The van der Waals surface area contributed by atoms with E-state index in [9.17, 15) is 4.39 Å². The summed E-state index contributed by atoms with van der Waals surface area (Å²) in [4.78, 5) is 0. The van der Waals surface area contributed by atoms with E-state index < -0.39 is 5.41 Å². The molecule has 1 aromatic carbocycles. The molecule has 0 saturated heterocycles. The lowest BCUT2D eigenvalue weighted by molar-refractivity contribution is 0.596. The maximum atomic E-state index is 13.6. The van der Waals surface area contributed by atoms with Crippen molar-refractivity contribution in [2.75, 3.05) is 0 Å². The van der Waals surface area contributed by atoms with Crippen LogP contribution in [-0.4, -0.2) is 0 Å². The van der Waals surface area contributed by atoms with Crippen LogP contribution < -0.4 is 0 Å². The first-order chi connectivity index (χ1) is 6.60. The highest BCUT2D eigenvalue weighted by atomic mass is 19.1. The molecule has 0 spiro atoms. The smallest absolute Gasteiger partial charge is 0.128 e. The molecule has 0 aliphatic heterocycles. The molecular weight excluding hydrogens is 177 g/mol. The summed E-state index contributed by atoms with van der Waals surface area (Å²) in [6, 6.07) is 5.47. The second kappa shape index (κ2) is 2.81. The van der Waals surface area contributed by atoms with E-state index in [2.05, 4.69) is 6.07 Å². The average Bonchev–Trinajstić information content (AvgIpc) is 2.93. The number of nitrogens with zero attached hydrogens (tertiary/aromatic N) is 1. The minimum absolute atomic E-state index is 0.229. The van der Waals surface area contributed by atoms with Crippen LogP contribution in [0.2, 0.25) is 0 Å². The Morgan fingerprint density at radius 3 is 2.50 bits per heavy atom. The van der Waals surface area contributed by atoms with Crippen molar-refractivity contribution >= 4 is 0 Å². The molecule has 1 nitrogen and oxygen atoms in total. The Morgan fingerprint density at radius 1 is 1.36 bits per heavy atom. The van der Waals surface area contributed by atoms with Crippen LogP contribution in [0.25, 0.3) is 0 Å². The lowest BCUT2D eigenvalue weighted by atomic mass is 9.90. The standard InChI is InChI=1S/C12H12FN/c1-8-3-4-10(13)11(9(8)2)12(7-14)5-6-12/h3-4H,5-6H2,1-2H3. The summed E-state index contributed by atoms with van der Waals surface area (Å²) in [5.41, 5.74) is 2.10. The number of aryl methyl sites for hydroxylation is 1. The SMILES string of the molecule is Cc1ccc(F)c(C2(C#N)CC2)c1C. The van der Waals surface area contributed by atoms with Crippen LogP contribution in [0.1, 0.15) is 29.5 Å². The Labute approximate surface area is 83.2 Å². The molecule has 0 atom stereocenters. The summed E-state index contributed by atoms with van der Waals surface area (Å²) in [6.45, 7) is 3.84. The van der Waals surface area contributed by atoms with Crippen LogP contribution in [-0.2, 0) is 5.41 Å². The Morgan fingerprint density at radius 2 is 2.00 bits per heavy atom. The maximum Gasteiger partial charge on any atom is 0.128 e. The fourth-order valence-corrected chi connectivity index (χ4v) is 1.91. The van der Waals surface area contributed by atoms with Crippen molar-refractivity contribution in [3.8, 4) is 6.07 Å². The molecule has 0 N–H and O–H groups in total. The van der Waals surface area contributed by atoms with Gasteiger partial charge < -0.3 is 0 Å². The second-order valence-electron chi connectivity index (χ2n) is 4.06. The predicted molar refractivity (Wildman–Crippen MR) is 52.4 cm³/mol. The average molecular weight is 189 g/mol. The molecule has 2 rings (SSSR count). The van der Waals surface area contributed by atoms with Gasteiger partial charge in [-0.15, -0.1) is 0 Å². The number of benzene rings is 1. The highest BCUT2D eigenvalue weighted by Crippen LogP contribution is 2.49. The van der Waals surface area contributed by atoms with Crippen molar-refractivity contribution in [2.24, 2.45) is 0 Å². The van der Waals surface area contributed by atoms with Crippen molar-refractivity contribution in [3.63, 3.8) is 0 Å². The first kappa shape index (κ1) is 9.21. The van der Waals surface area contributed by atoms with Crippen molar-refractivity contribution in [1.29, 1.82) is 5.26 Å². The highest BCUT2D eigenvalue weighted by molar-refractivity contribution is 5.47. The second-order valence-corrected chi connectivity index (χ2v) is 4.06. The van der Waals surface area contributed by atoms with Crippen molar-refractivity contribution in [3.05, 3.63) is 34.6 Å². The van der Waals surface area contributed by atoms with Gasteiger partial charge in [-0.1, -0.05) is 6.07 Å². The number of hydrogen-bond acceptors (Lipinski definition) is 1. The minimum atomic E-state index is -0.514. The van der Waals surface area contributed by atoms with E-state index in [0.717, 1.165) is 24.0 Å². The van der Waals surface area contributed by atoms with Gasteiger partial charge in [-0.05, 0) is 43.9 Å². The van der Waals surface area contributed by atoms with Gasteiger partial charge in [0, 0.05) is 5.56 Å². The van der Waals surface area contributed by atoms with E-state index in [-0.39, 0.29) is 5.82 Å². The summed E-state index contributed by atoms with van der Waals surface area (Å²) in [5, 5.41) is 9.03. The number of rotatable bonds is 1. The van der Waals surface area contributed by atoms with Crippen LogP contribution in [0.3, 0.4) is 0 Å². The molecule has 0 heterocycles. The zero-order chi connectivity index (χ0) is 10.3. The van der Waals surface area contributed by atoms with E-state index in [4.69, 9.17) is 5.26 Å². The van der Waals surface area contributed by atoms with Gasteiger partial charge in [-0.2, -0.15) is 5.26 Å². The fraction of sp³-hybridized carbons (Fsp3) is 0.417. The van der Waals surface area contributed by atoms with Crippen molar-refractivity contribution in [1.82, 2.24) is 0 Å². The van der Waals surface area contributed by atoms with Crippen molar-refractivity contribution in [2.45, 2.75) is 32.1 Å². The molecule has 1 saturated carbocycles. The molecular formula is C12H12FN. The molecule has 14 heavy (non-hydrogen) atoms. The number of hydrogen-bond donors (Lipinski definition) is 0. The molecule has 1 aromatic rings. The van der Waals surface area contributed by atoms with E-state index in [0.29, 0.717) is 5.56 Å². The Hall–Kier alpha value is -1.36. The van der Waals surface area contributed by atoms with Crippen LogP contribution in [0.4, 0.5) is 4.39 Å². The molecule has 1 aliphatic carbocycles. The quantitative estimate of drug-likeness (QED) is 0.666. The third kappa shape index (κ3) is 1.13. The molecule has 0 aromatic heterocycles. The van der Waals surface area contributed by atoms with Gasteiger partial charge >= 0.3 is 0 Å². The summed E-state index contributed by atoms with van der Waals surface area (Å²) in [6.07, 6.45) is 1.59. The van der Waals surface area contributed by atoms with Gasteiger partial charge in [0.1, 0.15) is 5.82 Å². The molecule has 0 amide bonds. The van der Waals surface area contributed by atoms with Crippen LogP contribution >= 0.6 is 0 Å². The Bertz CT molecular complexity index is 425. The topological polar surface area (TPSA) is 23.8 Å². The van der Waals surface area contributed by atoms with Gasteiger partial charge in [0.25, 0.3) is 0 Å². The van der Waals surface area contributed by atoms with Crippen molar-refractivity contribution < 1.29 is 4.39 Å². The van der Waals surface area contributed by atoms with E-state index >= 15 is 0 Å². The molecule has 1 fully saturated rings. The van der Waals surface area contributed by atoms with E-state index in [1.54, 1.807) is 6.07 Å². The highest BCUT2D eigenvalue weighted by Gasteiger charge is 2.47. The minimum Gasteiger partial charge on any atom is -0.207 e. The summed E-state index contributed by atoms with van der Waals surface area (Å²) >= 11 is 0. The first-order valence-corrected chi connectivity index (χ1v) is 4.78. The summed E-state index contributed by atoms with van der Waals surface area (Å²) < 4.78 is 13.6. The summed E-state index contributed by atoms with van der Waals surface area (Å²) in [5.74, 6) is -0.229. The predicted octanol–water partition coefficient (Wildman–Crippen LogP) is 3.00. The lowest BCUT2D eigenvalue weighted by Crippen LogP contribution is -2.09. The van der Waals surface area contributed by atoms with Crippen LogP contribution in [0, 0.1) is 31.0 Å². The zero-order valence-corrected chi connectivity index (χ0v) is 8.39. The van der Waals surface area contributed by atoms with E-state index in [1.807, 2.05) is 13.8 Å². The molecule has 2 heteroatoms.